The van der Waals surface area contributed by atoms with Gasteiger partial charge < -0.3 is 14.0 Å². The molecule has 0 fully saturated rings. The fraction of sp³-hybridized carbons (Fsp3) is 1.00. The van der Waals surface area contributed by atoms with Gasteiger partial charge in [0.1, 0.15) is 20.2 Å². The zero-order valence-corrected chi connectivity index (χ0v) is 10.1. The third-order valence-electron chi connectivity index (χ3n) is 0.694. The maximum Gasteiger partial charge on any atom is 0.282 e. The lowest BCUT2D eigenvalue weighted by Crippen LogP contribution is -2.10. The predicted octanol–water partition coefficient (Wildman–Crippen LogP) is -3.24. The van der Waals surface area contributed by atoms with Crippen molar-refractivity contribution < 1.29 is 8.23 Å². The van der Waals surface area contributed by atoms with E-state index in [1.54, 1.807) is 0 Å². The summed E-state index contributed by atoms with van der Waals surface area (Å²) in [5.74, 6) is 0. The van der Waals surface area contributed by atoms with E-state index in [4.69, 9.17) is 14.0 Å². The Kier molecular flexibility index (Phi) is 8.03. The molecule has 0 bridgehead atoms. The first-order valence-electron chi connectivity index (χ1n) is 2.68. The van der Waals surface area contributed by atoms with Gasteiger partial charge in [-0.2, -0.15) is 0 Å². The third kappa shape index (κ3) is 6.53. The van der Waals surface area contributed by atoms with E-state index >= 15 is 0 Å². The van der Waals surface area contributed by atoms with Gasteiger partial charge in [-0.1, -0.05) is 0 Å². The van der Waals surface area contributed by atoms with Crippen molar-refractivity contribution in [3.63, 3.8) is 0 Å². The molecule has 0 atom stereocenters. The summed E-state index contributed by atoms with van der Waals surface area (Å²) in [5.41, 5.74) is 5.25. The average molecular weight is 167 g/mol. The van der Waals surface area contributed by atoms with Crippen molar-refractivity contribution >= 4 is 30.3 Å². The molecule has 3 nitrogen and oxygen atoms in total. The molecule has 0 aliphatic heterocycles. The molecule has 0 saturated heterocycles. The van der Waals surface area contributed by atoms with Crippen LogP contribution >= 0.6 is 0 Å². The van der Waals surface area contributed by atoms with E-state index in [0.717, 1.165) is 23.1 Å². The molecule has 0 aromatic heterocycles. The molecule has 0 aromatic carbocycles. The van der Waals surface area contributed by atoms with Gasteiger partial charge in [-0.25, -0.2) is 0 Å². The number of hydrogen-bond donors (Lipinski definition) is 1. The molecule has 8 heavy (non-hydrogen) atoms. The van der Waals surface area contributed by atoms with Gasteiger partial charge in [-0.3, -0.25) is 0 Å². The van der Waals surface area contributed by atoms with Crippen molar-refractivity contribution in [1.29, 1.82) is 0 Å². The van der Waals surface area contributed by atoms with Gasteiger partial charge in [0.25, 0.3) is 10.0 Å². The van der Waals surface area contributed by atoms with Crippen molar-refractivity contribution in [2.24, 2.45) is 5.73 Å². The van der Waals surface area contributed by atoms with Crippen LogP contribution in [0.4, 0.5) is 0 Å². The van der Waals surface area contributed by atoms with Gasteiger partial charge in [-0.15, -0.1) is 0 Å². The molecule has 0 aromatic rings. The molecule has 0 saturated carbocycles. The Balaban J connectivity index is 2.53. The van der Waals surface area contributed by atoms with Gasteiger partial charge in [0.15, 0.2) is 0 Å². The topological polar surface area (TPSA) is 44.5 Å². The highest BCUT2D eigenvalue weighted by Gasteiger charge is 1.84. The predicted molar refractivity (Wildman–Crippen MR) is 43.1 cm³/mol. The molecule has 0 spiro atoms. The van der Waals surface area contributed by atoms with Crippen LogP contribution in [0.15, 0.2) is 0 Å². The lowest BCUT2D eigenvalue weighted by molar-refractivity contribution is 0.501. The van der Waals surface area contributed by atoms with E-state index < -0.39 is 10.0 Å². The fourth-order valence-electron chi connectivity index (χ4n) is 0.328. The van der Waals surface area contributed by atoms with Gasteiger partial charge in [0.05, 0.1) is 0 Å². The maximum atomic E-state index is 5.25. The Hall–Kier alpha value is 0.531. The van der Waals surface area contributed by atoms with Crippen LogP contribution in [-0.4, -0.2) is 36.8 Å². The molecule has 0 amide bonds. The smallest absolute Gasteiger partial charge is 0.282 e. The molecular formula is C2H13NO2Si3. The first-order valence-corrected chi connectivity index (χ1v) is 6.23. The molecule has 6 heteroatoms. The Morgan fingerprint density at radius 3 is 2.88 bits per heavy atom. The molecule has 0 radical (unpaired) electrons. The highest BCUT2D eigenvalue weighted by Crippen LogP contribution is 1.73. The van der Waals surface area contributed by atoms with Gasteiger partial charge in [0.2, 0.25) is 0 Å². The van der Waals surface area contributed by atoms with Crippen molar-refractivity contribution in [2.45, 2.75) is 6.04 Å². The SMILES string of the molecule is NCC[SiH2]O[SiH2]O[SiH3]. The van der Waals surface area contributed by atoms with Crippen molar-refractivity contribution in [2.75, 3.05) is 6.54 Å². The quantitative estimate of drug-likeness (QED) is 0.346. The number of rotatable bonds is 5. The summed E-state index contributed by atoms with van der Waals surface area (Å²) in [7, 11) is 0.0386. The second kappa shape index (κ2) is 7.53. The summed E-state index contributed by atoms with van der Waals surface area (Å²) in [4.78, 5) is 0. The molecule has 0 aliphatic carbocycles. The first-order chi connectivity index (χ1) is 3.91. The lowest BCUT2D eigenvalue weighted by atomic mass is 10.8. The summed E-state index contributed by atoms with van der Waals surface area (Å²) in [5, 5.41) is 0. The fourth-order valence-corrected chi connectivity index (χ4v) is 3.95. The lowest BCUT2D eigenvalue weighted by Gasteiger charge is -1.98. The van der Waals surface area contributed by atoms with Crippen LogP contribution in [0.25, 0.3) is 0 Å². The van der Waals surface area contributed by atoms with Crippen LogP contribution in [0, 0.1) is 0 Å². The van der Waals surface area contributed by atoms with E-state index in [1.165, 1.54) is 0 Å². The first kappa shape index (κ1) is 8.53. The number of nitrogens with two attached hydrogens (primary N) is 1. The Morgan fingerprint density at radius 2 is 2.38 bits per heavy atom. The van der Waals surface area contributed by atoms with Gasteiger partial charge in [-0.05, 0) is 12.6 Å². The summed E-state index contributed by atoms with van der Waals surface area (Å²) < 4.78 is 10.2. The third-order valence-corrected chi connectivity index (χ3v) is 4.16. The maximum absolute atomic E-state index is 5.25. The molecule has 2 N–H and O–H groups in total. The highest BCUT2D eigenvalue weighted by molar-refractivity contribution is 6.41. The van der Waals surface area contributed by atoms with Crippen molar-refractivity contribution in [3.05, 3.63) is 0 Å². The summed E-state index contributed by atoms with van der Waals surface area (Å²) >= 11 is 0. The minimum atomic E-state index is -0.531. The number of hydrogen-bond acceptors (Lipinski definition) is 3. The van der Waals surface area contributed by atoms with Crippen LogP contribution < -0.4 is 5.73 Å². The van der Waals surface area contributed by atoms with Crippen LogP contribution in [0.2, 0.25) is 6.04 Å². The minimum Gasteiger partial charge on any atom is -0.449 e. The minimum absolute atomic E-state index is 0.266. The van der Waals surface area contributed by atoms with E-state index in [-0.39, 0.29) is 9.76 Å². The average Bonchev–Trinajstić information content (AvgIpc) is 1.81. The van der Waals surface area contributed by atoms with Crippen molar-refractivity contribution in [3.8, 4) is 0 Å². The molecular weight excluding hydrogens is 154 g/mol. The molecule has 0 unspecified atom stereocenters. The van der Waals surface area contributed by atoms with Crippen LogP contribution in [0.1, 0.15) is 0 Å². The van der Waals surface area contributed by atoms with E-state index in [2.05, 4.69) is 0 Å². The molecule has 50 valence electrons. The zero-order valence-electron chi connectivity index (χ0n) is 5.22. The second-order valence-corrected chi connectivity index (χ2v) is 6.75. The van der Waals surface area contributed by atoms with Crippen LogP contribution in [0.5, 0.6) is 0 Å². The Labute approximate surface area is 57.5 Å². The monoisotopic (exact) mass is 167 g/mol. The normalized spacial score (nSPS) is 13.1. The summed E-state index contributed by atoms with van der Waals surface area (Å²) in [6.45, 7) is 0.780. The van der Waals surface area contributed by atoms with E-state index in [9.17, 15) is 0 Å². The second-order valence-electron chi connectivity index (χ2n) is 1.46. The standard InChI is InChI=1S/C2H13NO2Si3/c3-1-2-7-5-8-4-6/h1-3,7-8H2,6H3. The zero-order chi connectivity index (χ0) is 6.24. The highest BCUT2D eigenvalue weighted by atomic mass is 28.3. The van der Waals surface area contributed by atoms with E-state index in [1.807, 2.05) is 0 Å². The van der Waals surface area contributed by atoms with Crippen LogP contribution in [-0.2, 0) is 8.23 Å². The summed E-state index contributed by atoms with van der Waals surface area (Å²) in [6, 6.07) is 1.10. The van der Waals surface area contributed by atoms with E-state index in [0.29, 0.717) is 0 Å². The van der Waals surface area contributed by atoms with Crippen LogP contribution in [0.3, 0.4) is 0 Å². The Bertz CT molecular complexity index is 40.3. The van der Waals surface area contributed by atoms with Gasteiger partial charge in [0, 0.05) is 0 Å². The molecule has 0 aliphatic rings. The summed E-state index contributed by atoms with van der Waals surface area (Å²) in [6.07, 6.45) is 0. The largest absolute Gasteiger partial charge is 0.449 e. The van der Waals surface area contributed by atoms with Gasteiger partial charge >= 0.3 is 0 Å². The molecule has 0 rings (SSSR count). The Morgan fingerprint density at radius 1 is 1.62 bits per heavy atom. The molecule has 0 heterocycles. The van der Waals surface area contributed by atoms with Crippen molar-refractivity contribution in [1.82, 2.24) is 0 Å².